The Morgan fingerprint density at radius 3 is 2.68 bits per heavy atom. The molecule has 0 bridgehead atoms. The lowest BCUT2D eigenvalue weighted by atomic mass is 9.90. The number of carbonyl (C=O) groups excluding carboxylic acids is 1. The van der Waals surface area contributed by atoms with E-state index in [2.05, 4.69) is 10.6 Å². The molecule has 0 aliphatic rings. The molecule has 19 heavy (non-hydrogen) atoms. The Kier molecular flexibility index (Phi) is 5.91. The van der Waals surface area contributed by atoms with Crippen LogP contribution in [0.4, 0.5) is 10.5 Å². The summed E-state index contributed by atoms with van der Waals surface area (Å²) in [4.78, 5) is 11.7. The fraction of sp³-hybridized carbons (Fsp3) is 0.462. The van der Waals surface area contributed by atoms with E-state index in [-0.39, 0.29) is 18.1 Å². The van der Waals surface area contributed by atoms with Crippen LogP contribution in [0.3, 0.4) is 0 Å². The second-order valence-corrected chi connectivity index (χ2v) is 5.91. The van der Waals surface area contributed by atoms with Gasteiger partial charge in [0.05, 0.1) is 10.7 Å². The van der Waals surface area contributed by atoms with Crippen LogP contribution in [-0.4, -0.2) is 24.3 Å². The van der Waals surface area contributed by atoms with Gasteiger partial charge < -0.3 is 15.7 Å². The van der Waals surface area contributed by atoms with Crippen molar-refractivity contribution in [3.8, 4) is 0 Å². The minimum absolute atomic E-state index is 0.0937. The SMILES string of the molecule is CC(C)(CCO)CNC(=O)Nc1cc(Cl)ccc1Cl. The third kappa shape index (κ3) is 5.68. The topological polar surface area (TPSA) is 61.4 Å². The number of aliphatic hydroxyl groups excluding tert-OH is 1. The third-order valence-electron chi connectivity index (χ3n) is 2.69. The number of hydrogen-bond donors (Lipinski definition) is 3. The molecule has 0 atom stereocenters. The number of amides is 2. The molecule has 0 aliphatic carbocycles. The number of rotatable bonds is 5. The Balaban J connectivity index is 2.54. The molecule has 1 aromatic rings. The van der Waals surface area contributed by atoms with Crippen LogP contribution < -0.4 is 10.6 Å². The van der Waals surface area contributed by atoms with Gasteiger partial charge in [-0.2, -0.15) is 0 Å². The van der Waals surface area contributed by atoms with Crippen molar-refractivity contribution in [1.82, 2.24) is 5.32 Å². The van der Waals surface area contributed by atoms with Crippen LogP contribution >= 0.6 is 23.2 Å². The molecule has 0 radical (unpaired) electrons. The zero-order chi connectivity index (χ0) is 14.5. The molecule has 0 saturated carbocycles. The maximum atomic E-state index is 11.7. The van der Waals surface area contributed by atoms with E-state index in [0.717, 1.165) is 0 Å². The summed E-state index contributed by atoms with van der Waals surface area (Å²) >= 11 is 11.8. The van der Waals surface area contributed by atoms with Crippen molar-refractivity contribution in [2.45, 2.75) is 20.3 Å². The Morgan fingerprint density at radius 1 is 1.37 bits per heavy atom. The molecular formula is C13H18Cl2N2O2. The number of urea groups is 1. The van der Waals surface area contributed by atoms with Crippen LogP contribution in [0.1, 0.15) is 20.3 Å². The van der Waals surface area contributed by atoms with Crippen molar-refractivity contribution in [2.75, 3.05) is 18.5 Å². The molecule has 6 heteroatoms. The monoisotopic (exact) mass is 304 g/mol. The predicted octanol–water partition coefficient (Wildman–Crippen LogP) is 3.52. The Bertz CT molecular complexity index is 450. The van der Waals surface area contributed by atoms with Crippen molar-refractivity contribution in [1.29, 1.82) is 0 Å². The van der Waals surface area contributed by atoms with E-state index in [4.69, 9.17) is 28.3 Å². The molecule has 0 aromatic heterocycles. The standard InChI is InChI=1S/C13H18Cl2N2O2/c1-13(2,5-6-18)8-16-12(19)17-11-7-9(14)3-4-10(11)15/h3-4,7,18H,5-6,8H2,1-2H3,(H2,16,17,19). The van der Waals surface area contributed by atoms with E-state index in [1.807, 2.05) is 13.8 Å². The van der Waals surface area contributed by atoms with Crippen LogP contribution in [0.25, 0.3) is 0 Å². The summed E-state index contributed by atoms with van der Waals surface area (Å²) in [5.41, 5.74) is 0.302. The quantitative estimate of drug-likeness (QED) is 0.779. The smallest absolute Gasteiger partial charge is 0.319 e. The average molecular weight is 305 g/mol. The minimum atomic E-state index is -0.352. The molecule has 0 saturated heterocycles. The van der Waals surface area contributed by atoms with Gasteiger partial charge in [0.25, 0.3) is 0 Å². The number of anilines is 1. The van der Waals surface area contributed by atoms with Crippen LogP contribution in [0.15, 0.2) is 18.2 Å². The normalized spacial score (nSPS) is 11.2. The van der Waals surface area contributed by atoms with Crippen LogP contribution in [0, 0.1) is 5.41 Å². The van der Waals surface area contributed by atoms with Crippen LogP contribution in [0.2, 0.25) is 10.0 Å². The van der Waals surface area contributed by atoms with E-state index < -0.39 is 0 Å². The van der Waals surface area contributed by atoms with Gasteiger partial charge in [-0.3, -0.25) is 0 Å². The predicted molar refractivity (Wildman–Crippen MR) is 79.0 cm³/mol. The molecule has 0 aliphatic heterocycles. The van der Waals surface area contributed by atoms with Crippen molar-refractivity contribution in [3.05, 3.63) is 28.2 Å². The van der Waals surface area contributed by atoms with Gasteiger partial charge in [0.2, 0.25) is 0 Å². The average Bonchev–Trinajstić information content (AvgIpc) is 2.31. The van der Waals surface area contributed by atoms with Crippen molar-refractivity contribution in [2.24, 2.45) is 5.41 Å². The van der Waals surface area contributed by atoms with Gasteiger partial charge in [0.15, 0.2) is 0 Å². The fourth-order valence-electron chi connectivity index (χ4n) is 1.47. The first kappa shape index (κ1) is 16.1. The molecule has 1 aromatic carbocycles. The van der Waals surface area contributed by atoms with Gasteiger partial charge in [-0.05, 0) is 30.0 Å². The number of aliphatic hydroxyl groups is 1. The first-order valence-electron chi connectivity index (χ1n) is 5.95. The Hall–Kier alpha value is -0.970. The van der Waals surface area contributed by atoms with Crippen LogP contribution in [-0.2, 0) is 0 Å². The summed E-state index contributed by atoms with van der Waals surface area (Å²) in [6.45, 7) is 4.49. The minimum Gasteiger partial charge on any atom is -0.396 e. The molecule has 106 valence electrons. The maximum Gasteiger partial charge on any atom is 0.319 e. The molecule has 0 unspecified atom stereocenters. The number of hydrogen-bond acceptors (Lipinski definition) is 2. The highest BCUT2D eigenvalue weighted by Gasteiger charge is 2.18. The number of halogens is 2. The molecule has 2 amide bonds. The van der Waals surface area contributed by atoms with Crippen molar-refractivity contribution < 1.29 is 9.90 Å². The third-order valence-corrected chi connectivity index (χ3v) is 3.26. The van der Waals surface area contributed by atoms with Crippen LogP contribution in [0.5, 0.6) is 0 Å². The molecular weight excluding hydrogens is 287 g/mol. The molecule has 0 fully saturated rings. The van der Waals surface area contributed by atoms with E-state index in [0.29, 0.717) is 28.7 Å². The summed E-state index contributed by atoms with van der Waals surface area (Å²) in [5, 5.41) is 15.2. The van der Waals surface area contributed by atoms with Gasteiger partial charge in [0.1, 0.15) is 0 Å². The van der Waals surface area contributed by atoms with E-state index in [1.165, 1.54) is 0 Å². The molecule has 4 nitrogen and oxygen atoms in total. The van der Waals surface area contributed by atoms with Gasteiger partial charge in [-0.1, -0.05) is 37.0 Å². The summed E-state index contributed by atoms with van der Waals surface area (Å²) in [6, 6.07) is 4.50. The number of carbonyl (C=O) groups is 1. The van der Waals surface area contributed by atoms with Gasteiger partial charge in [-0.25, -0.2) is 4.79 Å². The zero-order valence-corrected chi connectivity index (χ0v) is 12.5. The van der Waals surface area contributed by atoms with Gasteiger partial charge in [0, 0.05) is 18.2 Å². The zero-order valence-electron chi connectivity index (χ0n) is 11.0. The number of benzene rings is 1. The molecule has 0 heterocycles. The van der Waals surface area contributed by atoms with Crippen molar-refractivity contribution >= 4 is 34.9 Å². The molecule has 1 rings (SSSR count). The first-order valence-corrected chi connectivity index (χ1v) is 6.70. The second kappa shape index (κ2) is 6.98. The second-order valence-electron chi connectivity index (χ2n) is 5.07. The van der Waals surface area contributed by atoms with E-state index in [9.17, 15) is 4.79 Å². The summed E-state index contributed by atoms with van der Waals surface area (Å²) in [7, 11) is 0. The number of nitrogens with one attached hydrogen (secondary N) is 2. The fourth-order valence-corrected chi connectivity index (χ4v) is 1.81. The van der Waals surface area contributed by atoms with Gasteiger partial charge >= 0.3 is 6.03 Å². The molecule has 3 N–H and O–H groups in total. The largest absolute Gasteiger partial charge is 0.396 e. The Morgan fingerprint density at radius 2 is 2.05 bits per heavy atom. The highest BCUT2D eigenvalue weighted by molar-refractivity contribution is 6.35. The van der Waals surface area contributed by atoms with E-state index >= 15 is 0 Å². The van der Waals surface area contributed by atoms with E-state index in [1.54, 1.807) is 18.2 Å². The van der Waals surface area contributed by atoms with Gasteiger partial charge in [-0.15, -0.1) is 0 Å². The maximum absolute atomic E-state index is 11.7. The first-order chi connectivity index (χ1) is 8.84. The highest BCUT2D eigenvalue weighted by atomic mass is 35.5. The lowest BCUT2D eigenvalue weighted by Crippen LogP contribution is -2.37. The highest BCUT2D eigenvalue weighted by Crippen LogP contribution is 2.25. The lowest BCUT2D eigenvalue weighted by molar-refractivity contribution is 0.204. The summed E-state index contributed by atoms with van der Waals surface area (Å²) < 4.78 is 0. The Labute approximate surface area is 123 Å². The summed E-state index contributed by atoms with van der Waals surface area (Å²) in [6.07, 6.45) is 0.616. The van der Waals surface area contributed by atoms with Crippen molar-refractivity contribution in [3.63, 3.8) is 0 Å². The lowest BCUT2D eigenvalue weighted by Gasteiger charge is -2.23. The summed E-state index contributed by atoms with van der Waals surface area (Å²) in [5.74, 6) is 0. The molecule has 0 spiro atoms.